The molecule has 1 heterocycles. The highest BCUT2D eigenvalue weighted by Gasteiger charge is 2.14. The van der Waals surface area contributed by atoms with Gasteiger partial charge in [-0.15, -0.1) is 0 Å². The van der Waals surface area contributed by atoms with E-state index in [0.717, 1.165) is 12.2 Å². The third-order valence-electron chi connectivity index (χ3n) is 2.53. The fourth-order valence-corrected chi connectivity index (χ4v) is 1.62. The summed E-state index contributed by atoms with van der Waals surface area (Å²) < 4.78 is 0. The average molecular weight is 225 g/mol. The first kappa shape index (κ1) is 12.7. The molecule has 2 atom stereocenters. The van der Waals surface area contributed by atoms with Crippen LogP contribution in [0.5, 0.6) is 0 Å². The number of carbonyl (C=O) groups is 1. The monoisotopic (exact) mass is 225 g/mol. The zero-order valence-corrected chi connectivity index (χ0v) is 9.73. The number of aliphatic carboxylic acids is 1. The van der Waals surface area contributed by atoms with Gasteiger partial charge in [-0.2, -0.15) is 0 Å². The van der Waals surface area contributed by atoms with Gasteiger partial charge in [-0.25, -0.2) is 4.98 Å². The maximum Gasteiger partial charge on any atom is 0.303 e. The average Bonchev–Trinajstić information content (AvgIpc) is 2.76. The van der Waals surface area contributed by atoms with Crippen LogP contribution in [0, 0.1) is 0 Å². The van der Waals surface area contributed by atoms with Crippen molar-refractivity contribution in [2.45, 2.75) is 45.2 Å². The van der Waals surface area contributed by atoms with E-state index in [1.54, 1.807) is 12.4 Å². The van der Waals surface area contributed by atoms with Gasteiger partial charge in [0.05, 0.1) is 6.04 Å². The highest BCUT2D eigenvalue weighted by atomic mass is 16.4. The predicted octanol–water partition coefficient (Wildman–Crippen LogP) is 1.70. The molecule has 5 nitrogen and oxygen atoms in total. The van der Waals surface area contributed by atoms with Crippen LogP contribution in [0.2, 0.25) is 0 Å². The van der Waals surface area contributed by atoms with Crippen LogP contribution >= 0.6 is 0 Å². The lowest BCUT2D eigenvalue weighted by atomic mass is 10.1. The number of hydrogen-bond acceptors (Lipinski definition) is 3. The summed E-state index contributed by atoms with van der Waals surface area (Å²) in [6, 6.07) is 0.338. The van der Waals surface area contributed by atoms with Gasteiger partial charge in [-0.05, 0) is 19.8 Å². The molecule has 3 N–H and O–H groups in total. The minimum Gasteiger partial charge on any atom is -0.481 e. The van der Waals surface area contributed by atoms with Gasteiger partial charge >= 0.3 is 5.97 Å². The minimum atomic E-state index is -0.750. The molecule has 0 aliphatic heterocycles. The zero-order chi connectivity index (χ0) is 12.0. The quantitative estimate of drug-likeness (QED) is 0.660. The van der Waals surface area contributed by atoms with E-state index < -0.39 is 5.97 Å². The molecule has 0 aromatic carbocycles. The van der Waals surface area contributed by atoms with E-state index in [0.29, 0.717) is 6.42 Å². The Kier molecular flexibility index (Phi) is 4.98. The molecule has 0 saturated heterocycles. The molecular weight excluding hydrogens is 206 g/mol. The summed E-state index contributed by atoms with van der Waals surface area (Å²) in [5.74, 6) is 0.157. The Bertz CT molecular complexity index is 311. The van der Waals surface area contributed by atoms with E-state index in [9.17, 15) is 4.79 Å². The van der Waals surface area contributed by atoms with Gasteiger partial charge in [0.2, 0.25) is 0 Å². The Labute approximate surface area is 95.3 Å². The van der Waals surface area contributed by atoms with Gasteiger partial charge in [0.15, 0.2) is 0 Å². The van der Waals surface area contributed by atoms with Crippen molar-refractivity contribution in [1.29, 1.82) is 0 Å². The SMILES string of the molecule is CCC(NC(C)CCC(=O)O)c1ncc[nH]1. The van der Waals surface area contributed by atoms with Gasteiger partial charge < -0.3 is 15.4 Å². The van der Waals surface area contributed by atoms with E-state index in [1.807, 2.05) is 6.92 Å². The largest absolute Gasteiger partial charge is 0.481 e. The predicted molar refractivity (Wildman–Crippen MR) is 61.1 cm³/mol. The van der Waals surface area contributed by atoms with Crippen molar-refractivity contribution in [3.63, 3.8) is 0 Å². The van der Waals surface area contributed by atoms with Crippen molar-refractivity contribution in [2.75, 3.05) is 0 Å². The first-order valence-corrected chi connectivity index (χ1v) is 5.60. The summed E-state index contributed by atoms with van der Waals surface area (Å²) in [6.45, 7) is 4.07. The molecule has 16 heavy (non-hydrogen) atoms. The lowest BCUT2D eigenvalue weighted by molar-refractivity contribution is -0.137. The van der Waals surface area contributed by atoms with E-state index in [-0.39, 0.29) is 18.5 Å². The molecule has 0 spiro atoms. The molecule has 0 aliphatic rings. The Hall–Kier alpha value is -1.36. The van der Waals surface area contributed by atoms with Crippen LogP contribution in [-0.4, -0.2) is 27.1 Å². The molecule has 0 fully saturated rings. The number of carboxylic acid groups (broad SMARTS) is 1. The number of imidazole rings is 1. The highest BCUT2D eigenvalue weighted by molar-refractivity contribution is 5.66. The molecule has 0 saturated carbocycles. The molecule has 5 heteroatoms. The van der Waals surface area contributed by atoms with Crippen LogP contribution in [0.15, 0.2) is 12.4 Å². The summed E-state index contributed by atoms with van der Waals surface area (Å²) in [5.41, 5.74) is 0. The minimum absolute atomic E-state index is 0.166. The lowest BCUT2D eigenvalue weighted by Gasteiger charge is -2.20. The maximum absolute atomic E-state index is 10.4. The second kappa shape index (κ2) is 6.27. The van der Waals surface area contributed by atoms with Crippen molar-refractivity contribution < 1.29 is 9.90 Å². The molecule has 1 aromatic heterocycles. The summed E-state index contributed by atoms with van der Waals surface area (Å²) in [6.07, 6.45) is 5.27. The first-order valence-electron chi connectivity index (χ1n) is 5.60. The molecule has 2 unspecified atom stereocenters. The lowest BCUT2D eigenvalue weighted by Crippen LogP contribution is -2.31. The first-order chi connectivity index (χ1) is 7.63. The van der Waals surface area contributed by atoms with Crippen molar-refractivity contribution in [3.8, 4) is 0 Å². The van der Waals surface area contributed by atoms with Gasteiger partial charge in [0.1, 0.15) is 5.82 Å². The number of H-pyrrole nitrogens is 1. The van der Waals surface area contributed by atoms with Crippen LogP contribution in [0.1, 0.15) is 45.0 Å². The third-order valence-corrected chi connectivity index (χ3v) is 2.53. The van der Waals surface area contributed by atoms with Crippen LogP contribution in [-0.2, 0) is 4.79 Å². The Morgan fingerprint density at radius 3 is 2.94 bits per heavy atom. The topological polar surface area (TPSA) is 78.0 Å². The van der Waals surface area contributed by atoms with Crippen LogP contribution < -0.4 is 5.32 Å². The highest BCUT2D eigenvalue weighted by Crippen LogP contribution is 2.13. The normalized spacial score (nSPS) is 14.6. The van der Waals surface area contributed by atoms with Crippen molar-refractivity contribution in [2.24, 2.45) is 0 Å². The number of hydrogen-bond donors (Lipinski definition) is 3. The Morgan fingerprint density at radius 2 is 2.44 bits per heavy atom. The van der Waals surface area contributed by atoms with Crippen molar-refractivity contribution in [3.05, 3.63) is 18.2 Å². The van der Waals surface area contributed by atoms with Crippen molar-refractivity contribution in [1.82, 2.24) is 15.3 Å². The van der Waals surface area contributed by atoms with Gasteiger partial charge in [-0.3, -0.25) is 4.79 Å². The molecule has 90 valence electrons. The maximum atomic E-state index is 10.4. The van der Waals surface area contributed by atoms with Gasteiger partial charge in [0, 0.05) is 24.9 Å². The van der Waals surface area contributed by atoms with E-state index >= 15 is 0 Å². The summed E-state index contributed by atoms with van der Waals surface area (Å²) in [5, 5.41) is 12.0. The fraction of sp³-hybridized carbons (Fsp3) is 0.636. The van der Waals surface area contributed by atoms with Crippen LogP contribution in [0.25, 0.3) is 0 Å². The standard InChI is InChI=1S/C11H19N3O2/c1-3-9(11-12-6-7-13-11)14-8(2)4-5-10(15)16/h6-9,14H,3-5H2,1-2H3,(H,12,13)(H,15,16). The van der Waals surface area contributed by atoms with E-state index in [1.165, 1.54) is 0 Å². The number of carboxylic acids is 1. The summed E-state index contributed by atoms with van der Waals surface area (Å²) >= 11 is 0. The fourth-order valence-electron chi connectivity index (χ4n) is 1.62. The molecule has 1 aromatic rings. The van der Waals surface area contributed by atoms with Gasteiger partial charge in [-0.1, -0.05) is 6.92 Å². The number of rotatable bonds is 7. The van der Waals surface area contributed by atoms with Gasteiger partial charge in [0.25, 0.3) is 0 Å². The van der Waals surface area contributed by atoms with E-state index in [4.69, 9.17) is 5.11 Å². The number of aromatic amines is 1. The molecule has 1 rings (SSSR count). The molecule has 0 aliphatic carbocycles. The second-order valence-electron chi connectivity index (χ2n) is 3.94. The Morgan fingerprint density at radius 1 is 1.69 bits per heavy atom. The van der Waals surface area contributed by atoms with Crippen molar-refractivity contribution >= 4 is 5.97 Å². The summed E-state index contributed by atoms with van der Waals surface area (Å²) in [7, 11) is 0. The third kappa shape index (κ3) is 4.02. The number of nitrogens with one attached hydrogen (secondary N) is 2. The molecule has 0 radical (unpaired) electrons. The van der Waals surface area contributed by atoms with Crippen LogP contribution in [0.4, 0.5) is 0 Å². The molecule has 0 amide bonds. The Balaban J connectivity index is 2.41. The second-order valence-corrected chi connectivity index (χ2v) is 3.94. The summed E-state index contributed by atoms with van der Waals surface area (Å²) in [4.78, 5) is 17.7. The number of nitrogens with zero attached hydrogens (tertiary/aromatic N) is 1. The number of aromatic nitrogens is 2. The van der Waals surface area contributed by atoms with Crippen LogP contribution in [0.3, 0.4) is 0 Å². The van der Waals surface area contributed by atoms with E-state index in [2.05, 4.69) is 22.2 Å². The molecular formula is C11H19N3O2. The zero-order valence-electron chi connectivity index (χ0n) is 9.73. The smallest absolute Gasteiger partial charge is 0.303 e. The molecule has 0 bridgehead atoms.